The van der Waals surface area contributed by atoms with Gasteiger partial charge in [-0.05, 0) is 35.9 Å². The Labute approximate surface area is 155 Å². The number of para-hydroxylation sites is 2. The quantitative estimate of drug-likeness (QED) is 0.751. The number of methoxy groups -OCH3 is 1. The lowest BCUT2D eigenvalue weighted by Crippen LogP contribution is -2.08. The number of benzene rings is 2. The Hall–Kier alpha value is -2.24. The third kappa shape index (κ3) is 4.87. The maximum absolute atomic E-state index is 11.7. The van der Waals surface area contributed by atoms with Crippen molar-refractivity contribution in [3.63, 3.8) is 0 Å². The van der Waals surface area contributed by atoms with E-state index in [0.717, 1.165) is 38.5 Å². The first-order valence-corrected chi connectivity index (χ1v) is 9.10. The fourth-order valence-electron chi connectivity index (χ4n) is 2.32. The van der Waals surface area contributed by atoms with Crippen LogP contribution in [-0.2, 0) is 15.3 Å². The fourth-order valence-corrected chi connectivity index (χ4v) is 3.34. The smallest absolute Gasteiger partial charge is 0.311 e. The number of rotatable bonds is 4. The number of nitrogens with zero attached hydrogens (tertiary/aromatic N) is 1. The molecule has 0 aromatic heterocycles. The van der Waals surface area contributed by atoms with Gasteiger partial charge in [0.15, 0.2) is 0 Å². The van der Waals surface area contributed by atoms with Crippen LogP contribution in [-0.4, -0.2) is 18.1 Å². The fraction of sp³-hybridized carbons (Fsp3) is 0.158. The van der Waals surface area contributed by atoms with Crippen LogP contribution in [0.3, 0.4) is 0 Å². The van der Waals surface area contributed by atoms with E-state index in [1.807, 2.05) is 54.6 Å². The number of aliphatic imine (C=N–C) groups is 1. The molecule has 1 aliphatic rings. The van der Waals surface area contributed by atoms with E-state index in [-0.39, 0.29) is 12.4 Å². The molecule has 0 amide bonds. The zero-order valence-corrected chi connectivity index (χ0v) is 15.2. The van der Waals surface area contributed by atoms with E-state index in [1.54, 1.807) is 11.8 Å². The molecule has 0 saturated carbocycles. The zero-order valence-electron chi connectivity index (χ0n) is 13.7. The lowest BCUT2D eigenvalue weighted by molar-refractivity contribution is -0.139. The first-order chi connectivity index (χ1) is 12.1. The largest absolute Gasteiger partial charge is 0.469 e. The Bertz CT molecular complexity index is 832. The summed E-state index contributed by atoms with van der Waals surface area (Å²) < 4.78 is 4.78. The normalized spacial score (nSPS) is 13.0. The van der Waals surface area contributed by atoms with Gasteiger partial charge < -0.3 is 10.1 Å². The topological polar surface area (TPSA) is 50.7 Å². The SMILES string of the molecule is COC(=O)CC1=CC(SCc2ccc(Cl)cc2)=Nc2ccccc2N1. The predicted octanol–water partition coefficient (Wildman–Crippen LogP) is 5.18. The molecule has 3 rings (SSSR count). The molecule has 0 bridgehead atoms. The number of fused-ring (bicyclic) bond motifs is 1. The van der Waals surface area contributed by atoms with E-state index < -0.39 is 0 Å². The molecule has 0 unspecified atom stereocenters. The van der Waals surface area contributed by atoms with Crippen LogP contribution in [0.25, 0.3) is 0 Å². The van der Waals surface area contributed by atoms with Crippen LogP contribution in [0.4, 0.5) is 11.4 Å². The summed E-state index contributed by atoms with van der Waals surface area (Å²) in [6.07, 6.45) is 2.07. The number of carbonyl (C=O) groups is 1. The molecule has 2 aromatic carbocycles. The van der Waals surface area contributed by atoms with Crippen molar-refractivity contribution in [2.24, 2.45) is 4.99 Å². The average molecular weight is 373 g/mol. The first-order valence-electron chi connectivity index (χ1n) is 7.73. The Morgan fingerprint density at radius 3 is 2.72 bits per heavy atom. The van der Waals surface area contributed by atoms with Gasteiger partial charge in [0, 0.05) is 16.5 Å². The number of thioether (sulfide) groups is 1. The molecule has 1 aliphatic heterocycles. The molecule has 6 heteroatoms. The van der Waals surface area contributed by atoms with Gasteiger partial charge in [0.1, 0.15) is 0 Å². The Kier molecular flexibility index (Phi) is 5.79. The van der Waals surface area contributed by atoms with Gasteiger partial charge >= 0.3 is 5.97 Å². The predicted molar refractivity (Wildman–Crippen MR) is 105 cm³/mol. The van der Waals surface area contributed by atoms with Crippen molar-refractivity contribution in [3.05, 3.63) is 70.9 Å². The van der Waals surface area contributed by atoms with E-state index >= 15 is 0 Å². The van der Waals surface area contributed by atoms with Crippen molar-refractivity contribution in [1.82, 2.24) is 0 Å². The van der Waals surface area contributed by atoms with Crippen LogP contribution >= 0.6 is 23.4 Å². The maximum Gasteiger partial charge on any atom is 0.311 e. The van der Waals surface area contributed by atoms with Crippen LogP contribution in [0, 0.1) is 0 Å². The molecule has 0 spiro atoms. The van der Waals surface area contributed by atoms with Gasteiger partial charge in [-0.3, -0.25) is 4.79 Å². The van der Waals surface area contributed by atoms with E-state index in [0.29, 0.717) is 0 Å². The monoisotopic (exact) mass is 372 g/mol. The minimum Gasteiger partial charge on any atom is -0.469 e. The molecule has 0 radical (unpaired) electrons. The third-order valence-corrected chi connectivity index (χ3v) is 4.82. The van der Waals surface area contributed by atoms with Crippen molar-refractivity contribution in [2.75, 3.05) is 12.4 Å². The summed E-state index contributed by atoms with van der Waals surface area (Å²) in [6.45, 7) is 0. The summed E-state index contributed by atoms with van der Waals surface area (Å²) in [7, 11) is 1.39. The third-order valence-electron chi connectivity index (χ3n) is 3.59. The minimum atomic E-state index is -0.291. The van der Waals surface area contributed by atoms with Crippen LogP contribution in [0.2, 0.25) is 5.02 Å². The van der Waals surface area contributed by atoms with E-state index in [4.69, 9.17) is 21.3 Å². The van der Waals surface area contributed by atoms with Gasteiger partial charge in [-0.1, -0.05) is 35.9 Å². The van der Waals surface area contributed by atoms with Gasteiger partial charge in [0.05, 0.1) is 29.9 Å². The number of anilines is 1. The van der Waals surface area contributed by atoms with Gasteiger partial charge in [0.25, 0.3) is 0 Å². The summed E-state index contributed by atoms with van der Waals surface area (Å²) in [5.74, 6) is 0.473. The molecule has 4 nitrogen and oxygen atoms in total. The van der Waals surface area contributed by atoms with Crippen LogP contribution in [0.5, 0.6) is 0 Å². The molecule has 1 N–H and O–H groups in total. The van der Waals surface area contributed by atoms with Crippen molar-refractivity contribution >= 4 is 45.8 Å². The molecule has 25 heavy (non-hydrogen) atoms. The summed E-state index contributed by atoms with van der Waals surface area (Å²) in [5.41, 5.74) is 3.64. The maximum atomic E-state index is 11.7. The number of esters is 1. The van der Waals surface area contributed by atoms with Crippen molar-refractivity contribution in [1.29, 1.82) is 0 Å². The highest BCUT2D eigenvalue weighted by molar-refractivity contribution is 8.13. The van der Waals surface area contributed by atoms with Gasteiger partial charge in [-0.2, -0.15) is 0 Å². The molecule has 0 fully saturated rings. The van der Waals surface area contributed by atoms with Gasteiger partial charge in [-0.25, -0.2) is 4.99 Å². The van der Waals surface area contributed by atoms with Crippen LogP contribution in [0.15, 0.2) is 65.3 Å². The molecule has 0 aliphatic carbocycles. The van der Waals surface area contributed by atoms with Crippen molar-refractivity contribution < 1.29 is 9.53 Å². The molecule has 0 atom stereocenters. The highest BCUT2D eigenvalue weighted by Gasteiger charge is 2.14. The first kappa shape index (κ1) is 17.6. The number of ether oxygens (including phenoxy) is 1. The summed E-state index contributed by atoms with van der Waals surface area (Å²) in [5, 5.41) is 4.84. The van der Waals surface area contributed by atoms with E-state index in [1.165, 1.54) is 7.11 Å². The number of hydrogen-bond acceptors (Lipinski definition) is 5. The highest BCUT2D eigenvalue weighted by Crippen LogP contribution is 2.31. The zero-order chi connectivity index (χ0) is 17.6. The molecule has 0 saturated heterocycles. The summed E-state index contributed by atoms with van der Waals surface area (Å²) >= 11 is 7.54. The van der Waals surface area contributed by atoms with Crippen molar-refractivity contribution in [2.45, 2.75) is 12.2 Å². The lowest BCUT2D eigenvalue weighted by atomic mass is 10.2. The number of hydrogen-bond donors (Lipinski definition) is 1. The van der Waals surface area contributed by atoms with Gasteiger partial charge in [0.2, 0.25) is 0 Å². The second-order valence-electron chi connectivity index (χ2n) is 5.43. The van der Waals surface area contributed by atoms with Crippen LogP contribution < -0.4 is 5.32 Å². The standard InChI is InChI=1S/C19H17ClN2O2S/c1-24-19(23)11-15-10-18(22-17-5-3-2-4-16(17)21-15)25-12-13-6-8-14(20)9-7-13/h2-10,21H,11-12H2,1H3. The van der Waals surface area contributed by atoms with Gasteiger partial charge in [-0.15, -0.1) is 11.8 Å². The second kappa shape index (κ2) is 8.23. The summed E-state index contributed by atoms with van der Waals surface area (Å²) in [4.78, 5) is 16.4. The lowest BCUT2D eigenvalue weighted by Gasteiger charge is -2.09. The number of nitrogens with one attached hydrogen (secondary N) is 1. The molecule has 128 valence electrons. The van der Waals surface area contributed by atoms with Crippen molar-refractivity contribution in [3.8, 4) is 0 Å². The average Bonchev–Trinajstić information content (AvgIpc) is 2.79. The minimum absolute atomic E-state index is 0.172. The molecular weight excluding hydrogens is 356 g/mol. The van der Waals surface area contributed by atoms with E-state index in [9.17, 15) is 4.79 Å². The van der Waals surface area contributed by atoms with Crippen LogP contribution in [0.1, 0.15) is 12.0 Å². The Morgan fingerprint density at radius 2 is 1.96 bits per heavy atom. The Balaban J connectivity index is 1.82. The molecule has 2 aromatic rings. The summed E-state index contributed by atoms with van der Waals surface area (Å²) in [6, 6.07) is 15.5. The second-order valence-corrected chi connectivity index (χ2v) is 6.86. The van der Waals surface area contributed by atoms with E-state index in [2.05, 4.69) is 5.32 Å². The highest BCUT2D eigenvalue weighted by atomic mass is 35.5. The Morgan fingerprint density at radius 1 is 1.20 bits per heavy atom. The molecule has 1 heterocycles. The number of carbonyl (C=O) groups excluding carboxylic acids is 1. The number of halogens is 1. The molecular formula is C19H17ClN2O2S.